The van der Waals surface area contributed by atoms with Crippen LogP contribution in [0.3, 0.4) is 0 Å². The van der Waals surface area contributed by atoms with Crippen LogP contribution in [0.25, 0.3) is 0 Å². The van der Waals surface area contributed by atoms with Crippen LogP contribution in [0.2, 0.25) is 10.0 Å². The molecule has 0 saturated carbocycles. The van der Waals surface area contributed by atoms with Crippen LogP contribution in [0.1, 0.15) is 6.42 Å². The Labute approximate surface area is 108 Å². The van der Waals surface area contributed by atoms with Gasteiger partial charge in [0.2, 0.25) is 10.0 Å². The topological polar surface area (TPSA) is 83.5 Å². The summed E-state index contributed by atoms with van der Waals surface area (Å²) in [6.07, 6.45) is -0.489. The van der Waals surface area contributed by atoms with Crippen molar-refractivity contribution in [1.29, 1.82) is 0 Å². The van der Waals surface area contributed by atoms with E-state index in [0.717, 1.165) is 0 Å². The maximum absolute atomic E-state index is 11.5. The van der Waals surface area contributed by atoms with E-state index in [1.165, 1.54) is 12.1 Å². The maximum atomic E-state index is 11.5. The van der Waals surface area contributed by atoms with E-state index < -0.39 is 28.2 Å². The molecule has 1 aromatic carbocycles. The Balaban J connectivity index is 2.87. The molecule has 0 aliphatic carbocycles. The third-order valence-electron chi connectivity index (χ3n) is 1.80. The van der Waals surface area contributed by atoms with Gasteiger partial charge in [0.25, 0.3) is 0 Å². The molecule has 0 aliphatic heterocycles. The van der Waals surface area contributed by atoms with Crippen LogP contribution in [-0.2, 0) is 14.8 Å². The highest BCUT2D eigenvalue weighted by Gasteiger charge is 2.16. The van der Waals surface area contributed by atoms with Crippen LogP contribution in [0.4, 0.5) is 5.69 Å². The Morgan fingerprint density at radius 3 is 2.29 bits per heavy atom. The highest BCUT2D eigenvalue weighted by Crippen LogP contribution is 2.30. The molecular weight excluding hydrogens is 289 g/mol. The zero-order valence-electron chi connectivity index (χ0n) is 8.48. The van der Waals surface area contributed by atoms with E-state index in [-0.39, 0.29) is 15.7 Å². The third kappa shape index (κ3) is 4.41. The number of rotatable bonds is 5. The number of anilines is 1. The number of aliphatic carboxylic acids is 1. The Bertz CT molecular complexity index is 510. The fraction of sp³-hybridized carbons (Fsp3) is 0.222. The number of sulfonamides is 1. The fourth-order valence-electron chi connectivity index (χ4n) is 1.02. The van der Waals surface area contributed by atoms with Crippen molar-refractivity contribution in [2.45, 2.75) is 6.42 Å². The molecule has 8 heteroatoms. The van der Waals surface area contributed by atoms with E-state index in [4.69, 9.17) is 28.3 Å². The monoisotopic (exact) mass is 297 g/mol. The first-order valence-electron chi connectivity index (χ1n) is 4.48. The number of carboxylic acid groups (broad SMARTS) is 1. The van der Waals surface area contributed by atoms with E-state index in [1.54, 1.807) is 6.07 Å². The molecule has 1 rings (SSSR count). The van der Waals surface area contributed by atoms with Gasteiger partial charge in [-0.15, -0.1) is 0 Å². The first kappa shape index (κ1) is 14.1. The molecule has 17 heavy (non-hydrogen) atoms. The van der Waals surface area contributed by atoms with Crippen molar-refractivity contribution in [3.63, 3.8) is 0 Å². The molecule has 0 radical (unpaired) electrons. The SMILES string of the molecule is O=C(O)CCS(=O)(=O)Nc1c(Cl)cccc1Cl. The van der Waals surface area contributed by atoms with Crippen LogP contribution in [-0.4, -0.2) is 25.2 Å². The molecule has 0 amide bonds. The number of carbonyl (C=O) groups is 1. The Morgan fingerprint density at radius 1 is 1.29 bits per heavy atom. The lowest BCUT2D eigenvalue weighted by atomic mass is 10.3. The molecular formula is C9H9Cl2NO4S. The van der Waals surface area contributed by atoms with E-state index in [2.05, 4.69) is 4.72 Å². The van der Waals surface area contributed by atoms with Gasteiger partial charge in [0.1, 0.15) is 0 Å². The van der Waals surface area contributed by atoms with Crippen molar-refractivity contribution in [1.82, 2.24) is 0 Å². The summed E-state index contributed by atoms with van der Waals surface area (Å²) in [6.45, 7) is 0. The predicted molar refractivity (Wildman–Crippen MR) is 66.1 cm³/mol. The maximum Gasteiger partial charge on any atom is 0.304 e. The van der Waals surface area contributed by atoms with Crippen LogP contribution < -0.4 is 4.72 Å². The number of para-hydroxylation sites is 1. The van der Waals surface area contributed by atoms with Crippen molar-refractivity contribution < 1.29 is 18.3 Å². The number of hydrogen-bond donors (Lipinski definition) is 2. The minimum atomic E-state index is -3.77. The average Bonchev–Trinajstić information content (AvgIpc) is 2.21. The van der Waals surface area contributed by atoms with Crippen molar-refractivity contribution in [2.24, 2.45) is 0 Å². The van der Waals surface area contributed by atoms with Crippen LogP contribution in [0.15, 0.2) is 18.2 Å². The summed E-state index contributed by atoms with van der Waals surface area (Å²) in [7, 11) is -3.77. The van der Waals surface area contributed by atoms with Gasteiger partial charge in [-0.2, -0.15) is 0 Å². The number of carboxylic acids is 1. The molecule has 1 aromatic rings. The molecule has 0 spiro atoms. The summed E-state index contributed by atoms with van der Waals surface area (Å²) in [5, 5.41) is 8.71. The lowest BCUT2D eigenvalue weighted by molar-refractivity contribution is -0.136. The number of benzene rings is 1. The molecule has 0 aromatic heterocycles. The van der Waals surface area contributed by atoms with Crippen LogP contribution in [0, 0.1) is 0 Å². The fourth-order valence-corrected chi connectivity index (χ4v) is 2.70. The van der Waals surface area contributed by atoms with Crippen molar-refractivity contribution in [2.75, 3.05) is 10.5 Å². The number of halogens is 2. The summed E-state index contributed by atoms with van der Waals surface area (Å²) in [4.78, 5) is 10.3. The highest BCUT2D eigenvalue weighted by atomic mass is 35.5. The lowest BCUT2D eigenvalue weighted by Crippen LogP contribution is -2.19. The minimum Gasteiger partial charge on any atom is -0.481 e. The molecule has 0 fully saturated rings. The van der Waals surface area contributed by atoms with E-state index >= 15 is 0 Å². The number of nitrogens with one attached hydrogen (secondary N) is 1. The van der Waals surface area contributed by atoms with Crippen molar-refractivity contribution in [3.8, 4) is 0 Å². The van der Waals surface area contributed by atoms with E-state index in [9.17, 15) is 13.2 Å². The number of hydrogen-bond acceptors (Lipinski definition) is 3. The molecule has 0 aliphatic rings. The van der Waals surface area contributed by atoms with Crippen LogP contribution in [0.5, 0.6) is 0 Å². The molecule has 0 unspecified atom stereocenters. The molecule has 0 atom stereocenters. The van der Waals surface area contributed by atoms with E-state index in [1.807, 2.05) is 0 Å². The standard InChI is InChI=1S/C9H9Cl2NO4S/c10-6-2-1-3-7(11)9(6)12-17(15,16)5-4-8(13)14/h1-3,12H,4-5H2,(H,13,14). The second-order valence-corrected chi connectivity index (χ2v) is 5.82. The summed E-state index contributed by atoms with van der Waals surface area (Å²) >= 11 is 11.5. The molecule has 0 heterocycles. The third-order valence-corrected chi connectivity index (χ3v) is 3.69. The Morgan fingerprint density at radius 2 is 1.82 bits per heavy atom. The molecule has 2 N–H and O–H groups in total. The lowest BCUT2D eigenvalue weighted by Gasteiger charge is -2.10. The quantitative estimate of drug-likeness (QED) is 0.873. The molecule has 5 nitrogen and oxygen atoms in total. The van der Waals surface area contributed by atoms with Crippen molar-refractivity contribution >= 4 is 44.9 Å². The van der Waals surface area contributed by atoms with Gasteiger partial charge in [0, 0.05) is 0 Å². The van der Waals surface area contributed by atoms with Gasteiger partial charge >= 0.3 is 5.97 Å². The summed E-state index contributed by atoms with van der Waals surface area (Å²) < 4.78 is 25.2. The van der Waals surface area contributed by atoms with Gasteiger partial charge in [-0.1, -0.05) is 29.3 Å². The first-order valence-corrected chi connectivity index (χ1v) is 6.89. The molecule has 0 saturated heterocycles. The van der Waals surface area contributed by atoms with Crippen molar-refractivity contribution in [3.05, 3.63) is 28.2 Å². The Hall–Kier alpha value is -0.980. The Kier molecular flexibility index (Phi) is 4.62. The summed E-state index contributed by atoms with van der Waals surface area (Å²) in [6, 6.07) is 4.52. The first-order chi connectivity index (χ1) is 7.82. The summed E-state index contributed by atoms with van der Waals surface area (Å²) in [5.41, 5.74) is 0.0567. The normalized spacial score (nSPS) is 11.2. The average molecular weight is 298 g/mol. The van der Waals surface area contributed by atoms with Gasteiger partial charge in [-0.05, 0) is 12.1 Å². The largest absolute Gasteiger partial charge is 0.481 e. The van der Waals surface area contributed by atoms with Crippen LogP contribution >= 0.6 is 23.2 Å². The second kappa shape index (κ2) is 5.57. The van der Waals surface area contributed by atoms with E-state index in [0.29, 0.717) is 0 Å². The molecule has 94 valence electrons. The minimum absolute atomic E-state index is 0.0567. The second-order valence-electron chi connectivity index (χ2n) is 3.16. The zero-order chi connectivity index (χ0) is 13.1. The van der Waals surface area contributed by atoms with Gasteiger partial charge in [-0.3, -0.25) is 9.52 Å². The van der Waals surface area contributed by atoms with Gasteiger partial charge in [0.15, 0.2) is 0 Å². The van der Waals surface area contributed by atoms with Gasteiger partial charge in [0.05, 0.1) is 27.9 Å². The highest BCUT2D eigenvalue weighted by molar-refractivity contribution is 7.92. The zero-order valence-corrected chi connectivity index (χ0v) is 10.8. The predicted octanol–water partition coefficient (Wildman–Crippen LogP) is 2.21. The van der Waals surface area contributed by atoms with Gasteiger partial charge in [-0.25, -0.2) is 8.42 Å². The molecule has 0 bridgehead atoms. The summed E-state index contributed by atoms with van der Waals surface area (Å²) in [5.74, 6) is -1.73. The smallest absolute Gasteiger partial charge is 0.304 e. The van der Waals surface area contributed by atoms with Gasteiger partial charge < -0.3 is 5.11 Å².